The van der Waals surface area contributed by atoms with Crippen molar-refractivity contribution in [3.63, 3.8) is 0 Å². The number of hydrogen-bond donors (Lipinski definition) is 1. The number of benzene rings is 1. The van der Waals surface area contributed by atoms with Gasteiger partial charge >= 0.3 is 0 Å². The fraction of sp³-hybridized carbons (Fsp3) is 0.550. The first-order chi connectivity index (χ1) is 11.2. The molecule has 0 bridgehead atoms. The summed E-state index contributed by atoms with van der Waals surface area (Å²) in [5.74, 6) is 1.36. The van der Waals surface area contributed by atoms with Crippen molar-refractivity contribution in [2.24, 2.45) is 5.92 Å². The van der Waals surface area contributed by atoms with E-state index < -0.39 is 0 Å². The Kier molecular flexibility index (Phi) is 5.16. The lowest BCUT2D eigenvalue weighted by Gasteiger charge is -2.34. The van der Waals surface area contributed by atoms with Gasteiger partial charge in [0.25, 0.3) is 0 Å². The summed E-state index contributed by atoms with van der Waals surface area (Å²) < 4.78 is 0. The van der Waals surface area contributed by atoms with E-state index in [1.54, 1.807) is 0 Å². The Morgan fingerprint density at radius 2 is 2.26 bits per heavy atom. The molecule has 1 fully saturated rings. The number of hydrogen-bond acceptors (Lipinski definition) is 2. The maximum atomic E-state index is 4.36. The summed E-state index contributed by atoms with van der Waals surface area (Å²) >= 11 is 0. The van der Waals surface area contributed by atoms with E-state index in [4.69, 9.17) is 0 Å². The molecule has 23 heavy (non-hydrogen) atoms. The molecule has 0 spiro atoms. The number of aromatic nitrogens is 2. The van der Waals surface area contributed by atoms with Crippen LogP contribution in [0, 0.1) is 12.8 Å². The van der Waals surface area contributed by atoms with Gasteiger partial charge in [-0.3, -0.25) is 5.10 Å². The molecule has 1 saturated heterocycles. The number of likely N-dealkylation sites (tertiary alicyclic amines) is 1. The molecular formula is C20H29N3. The van der Waals surface area contributed by atoms with E-state index in [0.717, 1.165) is 12.5 Å². The molecule has 1 aliphatic rings. The average molecular weight is 311 g/mol. The number of nitrogens with one attached hydrogen (secondary N) is 1. The van der Waals surface area contributed by atoms with Crippen molar-refractivity contribution in [1.29, 1.82) is 0 Å². The zero-order valence-electron chi connectivity index (χ0n) is 14.7. The molecule has 0 saturated carbocycles. The third kappa shape index (κ3) is 3.84. The number of nitrogens with zero attached hydrogens (tertiary/aromatic N) is 2. The molecule has 1 N–H and O–H groups in total. The Morgan fingerprint density at radius 1 is 1.39 bits per heavy atom. The molecule has 0 radical (unpaired) electrons. The van der Waals surface area contributed by atoms with Crippen molar-refractivity contribution >= 4 is 0 Å². The molecule has 0 amide bonds. The van der Waals surface area contributed by atoms with Crippen molar-refractivity contribution in [2.75, 3.05) is 19.6 Å². The van der Waals surface area contributed by atoms with Gasteiger partial charge < -0.3 is 4.90 Å². The normalized spacial score (nSPS) is 20.6. The summed E-state index contributed by atoms with van der Waals surface area (Å²) in [6.45, 7) is 10.4. The third-order valence-electron chi connectivity index (χ3n) is 5.18. The number of aromatic amines is 1. The molecule has 0 aliphatic carbocycles. The third-order valence-corrected chi connectivity index (χ3v) is 5.18. The van der Waals surface area contributed by atoms with Gasteiger partial charge in [-0.15, -0.1) is 0 Å². The van der Waals surface area contributed by atoms with Gasteiger partial charge in [0.1, 0.15) is 0 Å². The Bertz CT molecular complexity index is 631. The van der Waals surface area contributed by atoms with Gasteiger partial charge in [-0.05, 0) is 37.8 Å². The van der Waals surface area contributed by atoms with E-state index in [0.29, 0.717) is 5.92 Å². The second-order valence-electron chi connectivity index (χ2n) is 7.18. The standard InChI is InChI=1S/C20H29N3/c1-4-15(2)13-23-10-6-9-18(14-23)20-19(12-21-22-20)17-8-5-7-16(3)11-17/h5,7-8,11-12,15,18H,4,6,9-10,13-14H2,1-3H3,(H,21,22)/t15-,18+/m0/s1. The maximum absolute atomic E-state index is 4.36. The van der Waals surface area contributed by atoms with Crippen molar-refractivity contribution in [3.8, 4) is 11.1 Å². The van der Waals surface area contributed by atoms with Gasteiger partial charge in [0.15, 0.2) is 0 Å². The molecule has 3 rings (SSSR count). The van der Waals surface area contributed by atoms with E-state index in [1.807, 2.05) is 6.20 Å². The van der Waals surface area contributed by atoms with Crippen LogP contribution in [0.3, 0.4) is 0 Å². The molecule has 1 aromatic carbocycles. The minimum atomic E-state index is 0.575. The fourth-order valence-corrected chi connectivity index (χ4v) is 3.68. The van der Waals surface area contributed by atoms with E-state index in [-0.39, 0.29) is 0 Å². The molecule has 2 heterocycles. The highest BCUT2D eigenvalue weighted by atomic mass is 15.2. The van der Waals surface area contributed by atoms with Crippen LogP contribution in [0.2, 0.25) is 0 Å². The number of piperidine rings is 1. The average Bonchev–Trinajstić information content (AvgIpc) is 3.04. The first kappa shape index (κ1) is 16.3. The summed E-state index contributed by atoms with van der Waals surface area (Å²) in [7, 11) is 0. The monoisotopic (exact) mass is 311 g/mol. The molecule has 2 atom stereocenters. The fourth-order valence-electron chi connectivity index (χ4n) is 3.68. The van der Waals surface area contributed by atoms with Crippen LogP contribution in [0.15, 0.2) is 30.5 Å². The molecule has 0 unspecified atom stereocenters. The second-order valence-corrected chi connectivity index (χ2v) is 7.18. The van der Waals surface area contributed by atoms with Crippen molar-refractivity contribution in [1.82, 2.24) is 15.1 Å². The van der Waals surface area contributed by atoms with Gasteiger partial charge in [-0.25, -0.2) is 0 Å². The largest absolute Gasteiger partial charge is 0.302 e. The van der Waals surface area contributed by atoms with E-state index in [1.165, 1.54) is 54.7 Å². The first-order valence-corrected chi connectivity index (χ1v) is 9.00. The maximum Gasteiger partial charge on any atom is 0.0568 e. The zero-order valence-corrected chi connectivity index (χ0v) is 14.7. The van der Waals surface area contributed by atoms with E-state index in [9.17, 15) is 0 Å². The number of H-pyrrole nitrogens is 1. The van der Waals surface area contributed by atoms with Crippen LogP contribution in [-0.4, -0.2) is 34.7 Å². The SMILES string of the molecule is CC[C@H](C)CN1CCC[C@@H](c2[nH]ncc2-c2cccc(C)c2)C1. The lowest BCUT2D eigenvalue weighted by molar-refractivity contribution is 0.180. The van der Waals surface area contributed by atoms with Gasteiger partial charge in [-0.1, -0.05) is 50.1 Å². The number of rotatable bonds is 5. The van der Waals surface area contributed by atoms with Crippen LogP contribution in [0.4, 0.5) is 0 Å². The predicted molar refractivity (Wildman–Crippen MR) is 96.6 cm³/mol. The van der Waals surface area contributed by atoms with Crippen molar-refractivity contribution in [3.05, 3.63) is 41.7 Å². The Labute approximate surface area is 140 Å². The second kappa shape index (κ2) is 7.31. The highest BCUT2D eigenvalue weighted by Gasteiger charge is 2.25. The molecule has 3 heteroatoms. The highest BCUT2D eigenvalue weighted by Crippen LogP contribution is 2.33. The van der Waals surface area contributed by atoms with Crippen molar-refractivity contribution in [2.45, 2.75) is 46.0 Å². The summed E-state index contributed by atoms with van der Waals surface area (Å²) in [4.78, 5) is 2.64. The Balaban J connectivity index is 1.78. The van der Waals surface area contributed by atoms with Gasteiger partial charge in [0, 0.05) is 30.3 Å². The Hall–Kier alpha value is -1.61. The summed E-state index contributed by atoms with van der Waals surface area (Å²) in [5, 5.41) is 7.67. The quantitative estimate of drug-likeness (QED) is 0.874. The zero-order chi connectivity index (χ0) is 16.2. The molecule has 1 aliphatic heterocycles. The van der Waals surface area contributed by atoms with Gasteiger partial charge in [-0.2, -0.15) is 5.10 Å². The minimum absolute atomic E-state index is 0.575. The molecular weight excluding hydrogens is 282 g/mol. The summed E-state index contributed by atoms with van der Waals surface area (Å²) in [5.41, 5.74) is 5.19. The van der Waals surface area contributed by atoms with Gasteiger partial charge in [0.2, 0.25) is 0 Å². The van der Waals surface area contributed by atoms with Crippen LogP contribution in [-0.2, 0) is 0 Å². The summed E-state index contributed by atoms with van der Waals surface area (Å²) in [6, 6.07) is 8.74. The van der Waals surface area contributed by atoms with Crippen LogP contribution < -0.4 is 0 Å². The van der Waals surface area contributed by atoms with E-state index >= 15 is 0 Å². The van der Waals surface area contributed by atoms with Crippen LogP contribution in [0.5, 0.6) is 0 Å². The molecule has 2 aromatic rings. The highest BCUT2D eigenvalue weighted by molar-refractivity contribution is 5.66. The van der Waals surface area contributed by atoms with Crippen LogP contribution >= 0.6 is 0 Å². The van der Waals surface area contributed by atoms with E-state index in [2.05, 4.69) is 60.1 Å². The topological polar surface area (TPSA) is 31.9 Å². The number of aryl methyl sites for hydroxylation is 1. The minimum Gasteiger partial charge on any atom is -0.302 e. The first-order valence-electron chi connectivity index (χ1n) is 9.00. The smallest absolute Gasteiger partial charge is 0.0568 e. The molecule has 3 nitrogen and oxygen atoms in total. The lowest BCUT2D eigenvalue weighted by atomic mass is 9.90. The predicted octanol–water partition coefficient (Wildman–Crippen LogP) is 4.61. The Morgan fingerprint density at radius 3 is 3.04 bits per heavy atom. The van der Waals surface area contributed by atoms with Crippen LogP contribution in [0.25, 0.3) is 11.1 Å². The molecule has 124 valence electrons. The summed E-state index contributed by atoms with van der Waals surface area (Å²) in [6.07, 6.45) is 5.81. The lowest BCUT2D eigenvalue weighted by Crippen LogP contribution is -2.37. The molecule has 1 aromatic heterocycles. The van der Waals surface area contributed by atoms with Crippen LogP contribution in [0.1, 0.15) is 50.3 Å². The van der Waals surface area contributed by atoms with Crippen molar-refractivity contribution < 1.29 is 0 Å². The van der Waals surface area contributed by atoms with Gasteiger partial charge in [0.05, 0.1) is 6.20 Å².